The SMILES string of the molecule is CCC(NC)c1ccccc1OCc1cc(C)cc(C)c1. The molecule has 2 aromatic carbocycles. The van der Waals surface area contributed by atoms with Crippen LogP contribution >= 0.6 is 0 Å². The molecule has 0 amide bonds. The van der Waals surface area contributed by atoms with Gasteiger partial charge in [0.2, 0.25) is 0 Å². The number of nitrogens with one attached hydrogen (secondary N) is 1. The molecule has 0 aromatic heterocycles. The van der Waals surface area contributed by atoms with Crippen molar-refractivity contribution < 1.29 is 4.74 Å². The third-order valence-corrected chi connectivity index (χ3v) is 3.73. The maximum absolute atomic E-state index is 6.08. The van der Waals surface area contributed by atoms with E-state index in [-0.39, 0.29) is 0 Å². The lowest BCUT2D eigenvalue weighted by molar-refractivity contribution is 0.299. The van der Waals surface area contributed by atoms with Crippen LogP contribution < -0.4 is 10.1 Å². The van der Waals surface area contributed by atoms with Gasteiger partial charge in [0.05, 0.1) is 0 Å². The van der Waals surface area contributed by atoms with E-state index in [1.165, 1.54) is 22.3 Å². The predicted molar refractivity (Wildman–Crippen MR) is 88.8 cm³/mol. The summed E-state index contributed by atoms with van der Waals surface area (Å²) in [4.78, 5) is 0. The predicted octanol–water partition coefficient (Wildman–Crippen LogP) is 4.55. The second-order valence-corrected chi connectivity index (χ2v) is 5.57. The van der Waals surface area contributed by atoms with Gasteiger partial charge in [0, 0.05) is 11.6 Å². The molecule has 0 heterocycles. The minimum atomic E-state index is 0.334. The summed E-state index contributed by atoms with van der Waals surface area (Å²) in [6.45, 7) is 7.04. The first-order chi connectivity index (χ1) is 10.1. The van der Waals surface area contributed by atoms with E-state index < -0.39 is 0 Å². The van der Waals surface area contributed by atoms with Crippen LogP contribution in [0.5, 0.6) is 5.75 Å². The van der Waals surface area contributed by atoms with Crippen molar-refractivity contribution in [1.29, 1.82) is 0 Å². The van der Waals surface area contributed by atoms with Gasteiger partial charge in [-0.2, -0.15) is 0 Å². The standard InChI is InChI=1S/C19H25NO/c1-5-18(20-4)17-8-6-7-9-19(17)21-13-16-11-14(2)10-15(3)12-16/h6-12,18,20H,5,13H2,1-4H3. The second kappa shape index (κ2) is 7.28. The molecule has 0 saturated heterocycles. The molecule has 2 heteroatoms. The van der Waals surface area contributed by atoms with Crippen LogP contribution in [-0.2, 0) is 6.61 Å². The van der Waals surface area contributed by atoms with Crippen LogP contribution in [0.25, 0.3) is 0 Å². The Hall–Kier alpha value is -1.80. The third kappa shape index (κ3) is 4.08. The highest BCUT2D eigenvalue weighted by Crippen LogP contribution is 2.27. The maximum atomic E-state index is 6.08. The highest BCUT2D eigenvalue weighted by molar-refractivity contribution is 5.36. The van der Waals surface area contributed by atoms with E-state index in [9.17, 15) is 0 Å². The fraction of sp³-hybridized carbons (Fsp3) is 0.368. The monoisotopic (exact) mass is 283 g/mol. The van der Waals surface area contributed by atoms with E-state index in [1.807, 2.05) is 13.1 Å². The summed E-state index contributed by atoms with van der Waals surface area (Å²) in [5.41, 5.74) is 5.01. The van der Waals surface area contributed by atoms with Gasteiger partial charge in [-0.15, -0.1) is 0 Å². The summed E-state index contributed by atoms with van der Waals surface area (Å²) in [5.74, 6) is 0.970. The van der Waals surface area contributed by atoms with Crippen molar-refractivity contribution in [2.75, 3.05) is 7.05 Å². The number of para-hydroxylation sites is 1. The zero-order valence-electron chi connectivity index (χ0n) is 13.4. The zero-order valence-corrected chi connectivity index (χ0v) is 13.4. The Labute approximate surface area is 128 Å². The van der Waals surface area contributed by atoms with Gasteiger partial charge in [0.1, 0.15) is 12.4 Å². The van der Waals surface area contributed by atoms with E-state index in [2.05, 4.69) is 62.5 Å². The molecule has 1 unspecified atom stereocenters. The second-order valence-electron chi connectivity index (χ2n) is 5.57. The minimum absolute atomic E-state index is 0.334. The van der Waals surface area contributed by atoms with Gasteiger partial charge in [-0.25, -0.2) is 0 Å². The van der Waals surface area contributed by atoms with Crippen LogP contribution in [0.1, 0.15) is 41.6 Å². The van der Waals surface area contributed by atoms with E-state index >= 15 is 0 Å². The Morgan fingerprint density at radius 2 is 1.71 bits per heavy atom. The van der Waals surface area contributed by atoms with Crippen molar-refractivity contribution in [3.05, 3.63) is 64.7 Å². The van der Waals surface area contributed by atoms with Crippen molar-refractivity contribution in [3.63, 3.8) is 0 Å². The normalized spacial score (nSPS) is 12.2. The van der Waals surface area contributed by atoms with Crippen molar-refractivity contribution in [1.82, 2.24) is 5.32 Å². The molecule has 0 bridgehead atoms. The quantitative estimate of drug-likeness (QED) is 0.839. The molecule has 0 spiro atoms. The number of hydrogen-bond donors (Lipinski definition) is 1. The molecule has 0 fully saturated rings. The molecule has 0 aliphatic carbocycles. The molecule has 2 rings (SSSR count). The smallest absolute Gasteiger partial charge is 0.124 e. The number of aryl methyl sites for hydroxylation is 2. The first-order valence-electron chi connectivity index (χ1n) is 7.60. The van der Waals surface area contributed by atoms with Crippen molar-refractivity contribution in [3.8, 4) is 5.75 Å². The van der Waals surface area contributed by atoms with Crippen LogP contribution in [0, 0.1) is 13.8 Å². The number of ether oxygens (including phenoxy) is 1. The largest absolute Gasteiger partial charge is 0.489 e. The van der Waals surface area contributed by atoms with Crippen LogP contribution in [0.3, 0.4) is 0 Å². The Morgan fingerprint density at radius 1 is 1.05 bits per heavy atom. The Morgan fingerprint density at radius 3 is 2.33 bits per heavy atom. The Kier molecular flexibility index (Phi) is 5.40. The summed E-state index contributed by atoms with van der Waals surface area (Å²) in [5, 5.41) is 3.34. The summed E-state index contributed by atoms with van der Waals surface area (Å²) in [7, 11) is 1.99. The lowest BCUT2D eigenvalue weighted by Gasteiger charge is -2.19. The summed E-state index contributed by atoms with van der Waals surface area (Å²) >= 11 is 0. The summed E-state index contributed by atoms with van der Waals surface area (Å²) in [6, 6.07) is 15.2. The van der Waals surface area contributed by atoms with Crippen molar-refractivity contribution >= 4 is 0 Å². The summed E-state index contributed by atoms with van der Waals surface area (Å²) < 4.78 is 6.08. The first kappa shape index (κ1) is 15.6. The molecule has 0 radical (unpaired) electrons. The van der Waals surface area contributed by atoms with E-state index in [0.29, 0.717) is 12.6 Å². The van der Waals surface area contributed by atoms with Gasteiger partial charge < -0.3 is 10.1 Å². The molecule has 2 aromatic rings. The average molecular weight is 283 g/mol. The molecule has 21 heavy (non-hydrogen) atoms. The van der Waals surface area contributed by atoms with E-state index in [4.69, 9.17) is 4.74 Å². The van der Waals surface area contributed by atoms with Gasteiger partial charge in [0.25, 0.3) is 0 Å². The maximum Gasteiger partial charge on any atom is 0.124 e. The molecule has 0 aliphatic rings. The van der Waals surface area contributed by atoms with Gasteiger partial charge in [-0.1, -0.05) is 54.4 Å². The van der Waals surface area contributed by atoms with Crippen molar-refractivity contribution in [2.24, 2.45) is 0 Å². The molecule has 1 N–H and O–H groups in total. The first-order valence-corrected chi connectivity index (χ1v) is 7.60. The van der Waals surface area contributed by atoms with Gasteiger partial charge in [-0.05, 0) is 38.9 Å². The van der Waals surface area contributed by atoms with Gasteiger partial charge in [0.15, 0.2) is 0 Å². The van der Waals surface area contributed by atoms with E-state index in [1.54, 1.807) is 0 Å². The van der Waals surface area contributed by atoms with Gasteiger partial charge >= 0.3 is 0 Å². The molecule has 2 nitrogen and oxygen atoms in total. The molecule has 112 valence electrons. The van der Waals surface area contributed by atoms with Crippen molar-refractivity contribution in [2.45, 2.75) is 39.8 Å². The number of rotatable bonds is 6. The molecule has 0 aliphatic heterocycles. The third-order valence-electron chi connectivity index (χ3n) is 3.73. The Balaban J connectivity index is 2.16. The molecular formula is C19H25NO. The highest BCUT2D eigenvalue weighted by Gasteiger charge is 2.12. The molecular weight excluding hydrogens is 258 g/mol. The average Bonchev–Trinajstić information content (AvgIpc) is 2.46. The van der Waals surface area contributed by atoms with E-state index in [0.717, 1.165) is 12.2 Å². The highest BCUT2D eigenvalue weighted by atomic mass is 16.5. The number of hydrogen-bond acceptors (Lipinski definition) is 2. The molecule has 0 saturated carbocycles. The fourth-order valence-corrected chi connectivity index (χ4v) is 2.79. The van der Waals surface area contributed by atoms with Crippen LogP contribution in [-0.4, -0.2) is 7.05 Å². The van der Waals surface area contributed by atoms with Gasteiger partial charge in [-0.3, -0.25) is 0 Å². The topological polar surface area (TPSA) is 21.3 Å². The van der Waals surface area contributed by atoms with Crippen LogP contribution in [0.4, 0.5) is 0 Å². The zero-order chi connectivity index (χ0) is 15.2. The van der Waals surface area contributed by atoms with Crippen LogP contribution in [0.2, 0.25) is 0 Å². The fourth-order valence-electron chi connectivity index (χ4n) is 2.79. The lowest BCUT2D eigenvalue weighted by atomic mass is 10.0. The Bertz CT molecular complexity index is 568. The minimum Gasteiger partial charge on any atom is -0.489 e. The summed E-state index contributed by atoms with van der Waals surface area (Å²) in [6.07, 6.45) is 1.04. The van der Waals surface area contributed by atoms with Crippen LogP contribution in [0.15, 0.2) is 42.5 Å². The number of benzene rings is 2. The lowest BCUT2D eigenvalue weighted by Crippen LogP contribution is -2.16. The molecule has 1 atom stereocenters.